The number of esters is 1. The lowest BCUT2D eigenvalue weighted by molar-refractivity contribution is -0.136. The quantitative estimate of drug-likeness (QED) is 0.700. The summed E-state index contributed by atoms with van der Waals surface area (Å²) in [5, 5.41) is 6.40. The average Bonchev–Trinajstić information content (AvgIpc) is 3.08. The van der Waals surface area contributed by atoms with Crippen molar-refractivity contribution in [3.63, 3.8) is 0 Å². The molecule has 0 fully saturated rings. The highest BCUT2D eigenvalue weighted by Crippen LogP contribution is 2.35. The molecule has 0 radical (unpaired) electrons. The number of hydrogen-bond acceptors (Lipinski definition) is 4. The van der Waals surface area contributed by atoms with E-state index in [2.05, 4.69) is 10.6 Å². The number of amides is 3. The molecule has 0 aliphatic carbocycles. The number of carbonyl (C=O) groups excluding carboxylic acids is 3. The van der Waals surface area contributed by atoms with E-state index in [1.165, 1.54) is 4.90 Å². The molecule has 2 aliphatic heterocycles. The fraction of sp³-hybridized carbons (Fsp3) is 0.190. The monoisotopic (exact) mass is 445 g/mol. The van der Waals surface area contributed by atoms with E-state index in [9.17, 15) is 14.4 Å². The standard InChI is InChI=1S/C21H17Cl2N3O4/c1-11-2-7-15(14(23)8-11)24-17(27)9-26-16-10-30-20(28)18(16)19(25-21(26)29)12-3-5-13(22)6-4-12/h2-8,19H,9-10H2,1H3,(H,24,27)(H,25,29)/t19-/m1/s1. The molecule has 2 aliphatic rings. The lowest BCUT2D eigenvalue weighted by atomic mass is 9.96. The van der Waals surface area contributed by atoms with Crippen molar-refractivity contribution in [2.45, 2.75) is 13.0 Å². The number of urea groups is 1. The van der Waals surface area contributed by atoms with Gasteiger partial charge in [-0.15, -0.1) is 0 Å². The second-order valence-corrected chi connectivity index (χ2v) is 7.83. The molecule has 3 amide bonds. The van der Waals surface area contributed by atoms with Crippen LogP contribution in [0.1, 0.15) is 17.2 Å². The Morgan fingerprint density at radius 1 is 1.20 bits per heavy atom. The number of rotatable bonds is 4. The lowest BCUT2D eigenvalue weighted by Gasteiger charge is -2.32. The molecular formula is C21H17Cl2N3O4. The van der Waals surface area contributed by atoms with Gasteiger partial charge in [0.25, 0.3) is 0 Å². The predicted molar refractivity (Wildman–Crippen MR) is 112 cm³/mol. The Labute approximate surface area is 182 Å². The van der Waals surface area contributed by atoms with E-state index in [1.807, 2.05) is 13.0 Å². The van der Waals surface area contributed by atoms with Crippen LogP contribution in [-0.2, 0) is 14.3 Å². The molecule has 2 aromatic rings. The number of cyclic esters (lactones) is 1. The van der Waals surface area contributed by atoms with Gasteiger partial charge in [-0.3, -0.25) is 9.69 Å². The summed E-state index contributed by atoms with van der Waals surface area (Å²) in [6.07, 6.45) is 0. The summed E-state index contributed by atoms with van der Waals surface area (Å²) in [6.45, 7) is 1.51. The molecule has 2 heterocycles. The summed E-state index contributed by atoms with van der Waals surface area (Å²) in [5.41, 5.74) is 2.76. The van der Waals surface area contributed by atoms with Gasteiger partial charge in [0.1, 0.15) is 13.2 Å². The Morgan fingerprint density at radius 2 is 1.93 bits per heavy atom. The Kier molecular flexibility index (Phi) is 5.40. The van der Waals surface area contributed by atoms with Crippen molar-refractivity contribution >= 4 is 46.8 Å². The molecule has 4 rings (SSSR count). The van der Waals surface area contributed by atoms with Gasteiger partial charge in [-0.05, 0) is 42.3 Å². The van der Waals surface area contributed by atoms with E-state index < -0.39 is 23.9 Å². The Morgan fingerprint density at radius 3 is 2.63 bits per heavy atom. The smallest absolute Gasteiger partial charge is 0.338 e. The Bertz CT molecular complexity index is 1080. The van der Waals surface area contributed by atoms with Crippen LogP contribution in [0.15, 0.2) is 53.7 Å². The van der Waals surface area contributed by atoms with Gasteiger partial charge in [-0.25, -0.2) is 9.59 Å². The molecule has 0 bridgehead atoms. The summed E-state index contributed by atoms with van der Waals surface area (Å²) in [4.78, 5) is 38.9. The van der Waals surface area contributed by atoms with Gasteiger partial charge in [-0.1, -0.05) is 41.4 Å². The van der Waals surface area contributed by atoms with Crippen LogP contribution in [0.2, 0.25) is 10.0 Å². The molecule has 0 aromatic heterocycles. The zero-order valence-corrected chi connectivity index (χ0v) is 17.4. The van der Waals surface area contributed by atoms with Gasteiger partial charge in [0, 0.05) is 5.02 Å². The van der Waals surface area contributed by atoms with Crippen molar-refractivity contribution < 1.29 is 19.1 Å². The minimum atomic E-state index is -0.675. The molecule has 2 aromatic carbocycles. The third-order valence-corrected chi connectivity index (χ3v) is 5.47. The van der Waals surface area contributed by atoms with Crippen LogP contribution in [0.3, 0.4) is 0 Å². The van der Waals surface area contributed by atoms with Gasteiger partial charge in [-0.2, -0.15) is 0 Å². The second-order valence-electron chi connectivity index (χ2n) is 6.99. The summed E-state index contributed by atoms with van der Waals surface area (Å²) < 4.78 is 5.16. The molecule has 30 heavy (non-hydrogen) atoms. The number of aryl methyl sites for hydroxylation is 1. The van der Waals surface area contributed by atoms with Crippen molar-refractivity contribution in [1.82, 2.24) is 10.2 Å². The normalized spacial score (nSPS) is 18.1. The molecule has 0 saturated carbocycles. The van der Waals surface area contributed by atoms with Gasteiger partial charge in [0.05, 0.1) is 28.0 Å². The lowest BCUT2D eigenvalue weighted by Crippen LogP contribution is -2.49. The Hall–Kier alpha value is -3.03. The van der Waals surface area contributed by atoms with Crippen molar-refractivity contribution in [2.75, 3.05) is 18.5 Å². The number of hydrogen-bond donors (Lipinski definition) is 2. The van der Waals surface area contributed by atoms with E-state index in [4.69, 9.17) is 27.9 Å². The number of nitrogens with zero attached hydrogens (tertiary/aromatic N) is 1. The number of ether oxygens (including phenoxy) is 1. The second kappa shape index (κ2) is 8.01. The van der Waals surface area contributed by atoms with Crippen molar-refractivity contribution in [3.8, 4) is 0 Å². The summed E-state index contributed by atoms with van der Waals surface area (Å²) in [6, 6.07) is 10.9. The highest BCUT2D eigenvalue weighted by atomic mass is 35.5. The van der Waals surface area contributed by atoms with Crippen LogP contribution >= 0.6 is 23.2 Å². The number of nitrogens with one attached hydrogen (secondary N) is 2. The fourth-order valence-electron chi connectivity index (χ4n) is 3.44. The zero-order chi connectivity index (χ0) is 21.4. The topological polar surface area (TPSA) is 87.7 Å². The molecule has 1 atom stereocenters. The highest BCUT2D eigenvalue weighted by molar-refractivity contribution is 6.33. The first-order chi connectivity index (χ1) is 14.3. The highest BCUT2D eigenvalue weighted by Gasteiger charge is 2.42. The molecular weight excluding hydrogens is 429 g/mol. The minimum Gasteiger partial charge on any atom is -0.456 e. The van der Waals surface area contributed by atoms with Crippen LogP contribution < -0.4 is 10.6 Å². The van der Waals surface area contributed by atoms with Crippen LogP contribution in [0, 0.1) is 6.92 Å². The summed E-state index contributed by atoms with van der Waals surface area (Å²) >= 11 is 12.1. The molecule has 0 spiro atoms. The minimum absolute atomic E-state index is 0.0791. The predicted octanol–water partition coefficient (Wildman–Crippen LogP) is 3.82. The van der Waals surface area contributed by atoms with Crippen molar-refractivity contribution in [3.05, 3.63) is 74.9 Å². The van der Waals surface area contributed by atoms with E-state index in [0.717, 1.165) is 5.56 Å². The molecule has 0 unspecified atom stereocenters. The number of halogens is 2. The van der Waals surface area contributed by atoms with Crippen molar-refractivity contribution in [2.24, 2.45) is 0 Å². The van der Waals surface area contributed by atoms with Crippen LogP contribution in [0.4, 0.5) is 10.5 Å². The number of benzene rings is 2. The first-order valence-electron chi connectivity index (χ1n) is 9.13. The van der Waals surface area contributed by atoms with Gasteiger partial charge in [0.15, 0.2) is 0 Å². The molecule has 7 nitrogen and oxygen atoms in total. The number of carbonyl (C=O) groups is 3. The van der Waals surface area contributed by atoms with Gasteiger partial charge < -0.3 is 15.4 Å². The third kappa shape index (κ3) is 3.86. The van der Waals surface area contributed by atoms with Crippen LogP contribution in [-0.4, -0.2) is 36.0 Å². The van der Waals surface area contributed by atoms with Gasteiger partial charge >= 0.3 is 12.0 Å². The Balaban J connectivity index is 1.59. The largest absolute Gasteiger partial charge is 0.456 e. The SMILES string of the molecule is Cc1ccc(NC(=O)CN2C(=O)N[C@H](c3ccc(Cl)cc3)C3=C2COC3=O)c(Cl)c1. The fourth-order valence-corrected chi connectivity index (χ4v) is 3.85. The summed E-state index contributed by atoms with van der Waals surface area (Å²) in [7, 11) is 0. The van der Waals surface area contributed by atoms with Crippen molar-refractivity contribution in [1.29, 1.82) is 0 Å². The number of anilines is 1. The van der Waals surface area contributed by atoms with E-state index in [0.29, 0.717) is 32.6 Å². The maximum atomic E-state index is 12.8. The maximum absolute atomic E-state index is 12.8. The summed E-state index contributed by atoms with van der Waals surface area (Å²) in [5.74, 6) is -0.982. The van der Waals surface area contributed by atoms with E-state index >= 15 is 0 Å². The maximum Gasteiger partial charge on any atom is 0.338 e. The molecule has 154 valence electrons. The van der Waals surface area contributed by atoms with Crippen LogP contribution in [0.5, 0.6) is 0 Å². The first kappa shape index (κ1) is 20.3. The molecule has 9 heteroatoms. The first-order valence-corrected chi connectivity index (χ1v) is 9.89. The molecule has 0 saturated heterocycles. The van der Waals surface area contributed by atoms with E-state index in [-0.39, 0.29) is 13.2 Å². The molecule has 2 N–H and O–H groups in total. The average molecular weight is 446 g/mol. The van der Waals surface area contributed by atoms with E-state index in [1.54, 1.807) is 36.4 Å². The van der Waals surface area contributed by atoms with Gasteiger partial charge in [0.2, 0.25) is 5.91 Å². The van der Waals surface area contributed by atoms with Crippen LogP contribution in [0.25, 0.3) is 0 Å². The third-order valence-electron chi connectivity index (χ3n) is 4.90. The zero-order valence-electron chi connectivity index (χ0n) is 15.9.